The number of aryl methyl sites for hydroxylation is 1. The Hall–Kier alpha value is -1.45. The maximum atomic E-state index is 5.51. The Morgan fingerprint density at radius 2 is 1.84 bits per heavy atom. The van der Waals surface area contributed by atoms with E-state index >= 15 is 0 Å². The zero-order valence-electron chi connectivity index (χ0n) is 11.3. The van der Waals surface area contributed by atoms with Crippen molar-refractivity contribution in [2.75, 3.05) is 19.4 Å². The predicted octanol–water partition coefficient (Wildman–Crippen LogP) is 3.72. The maximum Gasteiger partial charge on any atom is 0.126 e. The van der Waals surface area contributed by atoms with Crippen LogP contribution >= 0.6 is 11.8 Å². The van der Waals surface area contributed by atoms with Crippen molar-refractivity contribution in [3.05, 3.63) is 48.0 Å². The summed E-state index contributed by atoms with van der Waals surface area (Å²) < 4.78 is 5.43. The molecular weight excluding hydrogens is 254 g/mol. The second-order valence-electron chi connectivity index (χ2n) is 4.37. The molecule has 0 amide bonds. The Morgan fingerprint density at radius 3 is 2.47 bits per heavy atom. The Morgan fingerprint density at radius 1 is 1.11 bits per heavy atom. The molecular formula is C16H19NOS. The van der Waals surface area contributed by atoms with Crippen LogP contribution in [-0.4, -0.2) is 19.4 Å². The van der Waals surface area contributed by atoms with Crippen LogP contribution in [0.5, 0.6) is 5.75 Å². The summed E-state index contributed by atoms with van der Waals surface area (Å²) in [5.74, 6) is 1.86. The first-order chi connectivity index (χ1) is 9.24. The molecule has 2 nitrogen and oxygen atoms in total. The SMILES string of the molecule is COc1ccc(C)cc1-c1ccc(SCCN)cc1. The number of rotatable bonds is 5. The van der Waals surface area contributed by atoms with Crippen molar-refractivity contribution in [2.24, 2.45) is 5.73 Å². The summed E-state index contributed by atoms with van der Waals surface area (Å²) in [6.45, 7) is 2.80. The highest BCUT2D eigenvalue weighted by molar-refractivity contribution is 7.99. The van der Waals surface area contributed by atoms with Crippen LogP contribution < -0.4 is 10.5 Å². The van der Waals surface area contributed by atoms with E-state index in [-0.39, 0.29) is 0 Å². The quantitative estimate of drug-likeness (QED) is 0.843. The smallest absolute Gasteiger partial charge is 0.126 e. The van der Waals surface area contributed by atoms with Gasteiger partial charge in [-0.25, -0.2) is 0 Å². The van der Waals surface area contributed by atoms with Crippen LogP contribution in [0.4, 0.5) is 0 Å². The average Bonchev–Trinajstić information content (AvgIpc) is 2.45. The first kappa shape index (κ1) is 14.0. The maximum absolute atomic E-state index is 5.51. The lowest BCUT2D eigenvalue weighted by Gasteiger charge is -2.10. The second-order valence-corrected chi connectivity index (χ2v) is 5.53. The molecule has 2 rings (SSSR count). The van der Waals surface area contributed by atoms with Crippen LogP contribution in [0.1, 0.15) is 5.56 Å². The highest BCUT2D eigenvalue weighted by atomic mass is 32.2. The average molecular weight is 273 g/mol. The van der Waals surface area contributed by atoms with Crippen molar-refractivity contribution in [2.45, 2.75) is 11.8 Å². The lowest BCUT2D eigenvalue weighted by atomic mass is 10.0. The van der Waals surface area contributed by atoms with Crippen molar-refractivity contribution >= 4 is 11.8 Å². The van der Waals surface area contributed by atoms with Gasteiger partial charge in [0.15, 0.2) is 0 Å². The third kappa shape index (κ3) is 3.52. The van der Waals surface area contributed by atoms with Crippen molar-refractivity contribution < 1.29 is 4.74 Å². The number of methoxy groups -OCH3 is 1. The molecule has 0 aliphatic heterocycles. The lowest BCUT2D eigenvalue weighted by molar-refractivity contribution is 0.416. The Kier molecular flexibility index (Phi) is 4.88. The molecule has 0 spiro atoms. The fraction of sp³-hybridized carbons (Fsp3) is 0.250. The summed E-state index contributed by atoms with van der Waals surface area (Å²) in [5.41, 5.74) is 9.06. The Labute approximate surface area is 119 Å². The molecule has 0 saturated carbocycles. The van der Waals surface area contributed by atoms with Crippen LogP contribution in [0.2, 0.25) is 0 Å². The van der Waals surface area contributed by atoms with E-state index in [1.165, 1.54) is 16.0 Å². The first-order valence-corrected chi connectivity index (χ1v) is 7.31. The van der Waals surface area contributed by atoms with E-state index in [0.717, 1.165) is 17.1 Å². The van der Waals surface area contributed by atoms with Gasteiger partial charge in [0, 0.05) is 22.8 Å². The molecule has 0 fully saturated rings. The van der Waals surface area contributed by atoms with Crippen LogP contribution in [0.15, 0.2) is 47.4 Å². The molecule has 0 saturated heterocycles. The number of ether oxygens (including phenoxy) is 1. The van der Waals surface area contributed by atoms with Gasteiger partial charge in [-0.2, -0.15) is 0 Å². The van der Waals surface area contributed by atoms with Crippen LogP contribution in [-0.2, 0) is 0 Å². The largest absolute Gasteiger partial charge is 0.496 e. The van der Waals surface area contributed by atoms with Gasteiger partial charge in [-0.3, -0.25) is 0 Å². The van der Waals surface area contributed by atoms with Gasteiger partial charge in [0.05, 0.1) is 7.11 Å². The monoisotopic (exact) mass is 273 g/mol. The summed E-state index contributed by atoms with van der Waals surface area (Å²) in [6, 6.07) is 14.8. The minimum Gasteiger partial charge on any atom is -0.496 e. The molecule has 0 aliphatic carbocycles. The highest BCUT2D eigenvalue weighted by Gasteiger charge is 2.06. The molecule has 2 aromatic rings. The lowest BCUT2D eigenvalue weighted by Crippen LogP contribution is -2.00. The van der Waals surface area contributed by atoms with E-state index in [2.05, 4.69) is 43.3 Å². The van der Waals surface area contributed by atoms with E-state index in [0.29, 0.717) is 6.54 Å². The molecule has 2 aromatic carbocycles. The van der Waals surface area contributed by atoms with Gasteiger partial charge in [-0.15, -0.1) is 11.8 Å². The molecule has 0 unspecified atom stereocenters. The zero-order valence-corrected chi connectivity index (χ0v) is 12.2. The molecule has 0 radical (unpaired) electrons. The van der Waals surface area contributed by atoms with E-state index in [1.54, 1.807) is 18.9 Å². The molecule has 100 valence electrons. The van der Waals surface area contributed by atoms with Crippen molar-refractivity contribution in [1.29, 1.82) is 0 Å². The van der Waals surface area contributed by atoms with Crippen LogP contribution in [0.3, 0.4) is 0 Å². The topological polar surface area (TPSA) is 35.2 Å². The summed E-state index contributed by atoms with van der Waals surface area (Å²) in [6.07, 6.45) is 0. The van der Waals surface area contributed by atoms with Gasteiger partial charge in [-0.05, 0) is 36.8 Å². The minimum atomic E-state index is 0.706. The van der Waals surface area contributed by atoms with Gasteiger partial charge in [0.25, 0.3) is 0 Å². The third-order valence-corrected chi connectivity index (χ3v) is 3.95. The highest BCUT2D eigenvalue weighted by Crippen LogP contribution is 2.32. The minimum absolute atomic E-state index is 0.706. The predicted molar refractivity (Wildman–Crippen MR) is 82.9 cm³/mol. The molecule has 0 aromatic heterocycles. The fourth-order valence-corrected chi connectivity index (χ4v) is 2.64. The van der Waals surface area contributed by atoms with Gasteiger partial charge in [0.2, 0.25) is 0 Å². The van der Waals surface area contributed by atoms with E-state index in [1.807, 2.05) is 6.07 Å². The zero-order chi connectivity index (χ0) is 13.7. The number of hydrogen-bond acceptors (Lipinski definition) is 3. The number of hydrogen-bond donors (Lipinski definition) is 1. The molecule has 0 aliphatic rings. The van der Waals surface area contributed by atoms with Crippen molar-refractivity contribution in [3.63, 3.8) is 0 Å². The Bertz CT molecular complexity index is 537. The summed E-state index contributed by atoms with van der Waals surface area (Å²) in [5, 5.41) is 0. The van der Waals surface area contributed by atoms with Gasteiger partial charge < -0.3 is 10.5 Å². The molecule has 2 N–H and O–H groups in total. The third-order valence-electron chi connectivity index (χ3n) is 2.91. The van der Waals surface area contributed by atoms with Crippen molar-refractivity contribution in [3.8, 4) is 16.9 Å². The number of nitrogens with two attached hydrogens (primary N) is 1. The van der Waals surface area contributed by atoms with Crippen molar-refractivity contribution in [1.82, 2.24) is 0 Å². The fourth-order valence-electron chi connectivity index (χ4n) is 1.95. The Balaban J connectivity index is 2.29. The number of thioether (sulfide) groups is 1. The molecule has 0 bridgehead atoms. The number of benzene rings is 2. The molecule has 0 heterocycles. The summed E-state index contributed by atoms with van der Waals surface area (Å²) in [7, 11) is 1.71. The van der Waals surface area contributed by atoms with Crippen LogP contribution in [0.25, 0.3) is 11.1 Å². The normalized spacial score (nSPS) is 10.5. The second kappa shape index (κ2) is 6.64. The molecule has 19 heavy (non-hydrogen) atoms. The van der Waals surface area contributed by atoms with Gasteiger partial charge >= 0.3 is 0 Å². The standard InChI is InChI=1S/C16H19NOS/c1-12-3-8-16(18-2)15(11-12)13-4-6-14(7-5-13)19-10-9-17/h3-8,11H,9-10,17H2,1-2H3. The van der Waals surface area contributed by atoms with Crippen LogP contribution in [0, 0.1) is 6.92 Å². The molecule has 3 heteroatoms. The molecule has 0 atom stereocenters. The summed E-state index contributed by atoms with van der Waals surface area (Å²) in [4.78, 5) is 1.25. The van der Waals surface area contributed by atoms with E-state index < -0.39 is 0 Å². The van der Waals surface area contributed by atoms with Gasteiger partial charge in [-0.1, -0.05) is 23.8 Å². The van der Waals surface area contributed by atoms with Gasteiger partial charge in [0.1, 0.15) is 5.75 Å². The first-order valence-electron chi connectivity index (χ1n) is 6.32. The van der Waals surface area contributed by atoms with E-state index in [4.69, 9.17) is 10.5 Å². The summed E-state index contributed by atoms with van der Waals surface area (Å²) >= 11 is 1.78. The van der Waals surface area contributed by atoms with E-state index in [9.17, 15) is 0 Å².